The first kappa shape index (κ1) is 19.3. The van der Waals surface area contributed by atoms with Crippen molar-refractivity contribution in [2.45, 2.75) is 40.0 Å². The highest BCUT2D eigenvalue weighted by Gasteiger charge is 2.42. The van der Waals surface area contributed by atoms with Crippen LogP contribution in [0.1, 0.15) is 29.9 Å². The van der Waals surface area contributed by atoms with E-state index in [2.05, 4.69) is 4.98 Å². The van der Waals surface area contributed by atoms with Crippen LogP contribution in [-0.4, -0.2) is 21.5 Å². The monoisotopic (exact) mass is 425 g/mol. The van der Waals surface area contributed by atoms with Crippen LogP contribution in [0.15, 0.2) is 40.2 Å². The Labute approximate surface area is 162 Å². The van der Waals surface area contributed by atoms with Gasteiger partial charge in [0.2, 0.25) is 0 Å². The molecule has 4 unspecified atom stereocenters. The normalized spacial score (nSPS) is 26.9. The van der Waals surface area contributed by atoms with Crippen molar-refractivity contribution in [1.29, 1.82) is 0 Å². The van der Waals surface area contributed by atoms with Crippen molar-refractivity contribution in [2.24, 2.45) is 5.92 Å². The van der Waals surface area contributed by atoms with E-state index >= 15 is 0 Å². The molecule has 25 heavy (non-hydrogen) atoms. The number of aromatic nitrogens is 1. The fourth-order valence-corrected chi connectivity index (χ4v) is 6.14. The molecule has 136 valence electrons. The molecule has 0 spiro atoms. The van der Waals surface area contributed by atoms with Crippen LogP contribution in [-0.2, 0) is 6.18 Å². The first-order valence-corrected chi connectivity index (χ1v) is 10.6. The molecule has 3 rings (SSSR count). The zero-order valence-corrected chi connectivity index (χ0v) is 16.2. The molecule has 2 aromatic rings. The minimum absolute atomic E-state index is 0.0247. The van der Waals surface area contributed by atoms with E-state index in [9.17, 15) is 13.2 Å². The topological polar surface area (TPSA) is 12.9 Å². The first-order valence-electron chi connectivity index (χ1n) is 7.84. The summed E-state index contributed by atoms with van der Waals surface area (Å²) < 4.78 is 39.3. The molecule has 1 heterocycles. The fourth-order valence-electron chi connectivity index (χ4n) is 3.30. The molecule has 1 aliphatic rings. The number of hydrogen-bond donors (Lipinski definition) is 0. The lowest BCUT2D eigenvalue weighted by atomic mass is 9.86. The second-order valence-electron chi connectivity index (χ2n) is 6.01. The Morgan fingerprint density at radius 2 is 1.88 bits per heavy atom. The number of benzene rings is 1. The highest BCUT2D eigenvalue weighted by Crippen LogP contribution is 2.48. The number of alkyl halides is 5. The number of rotatable bonds is 5. The fraction of sp³-hybridized carbons (Fsp3) is 0.471. The summed E-state index contributed by atoms with van der Waals surface area (Å²) in [4.78, 5) is 4.24. The maximum atomic E-state index is 12.8. The lowest BCUT2D eigenvalue weighted by Crippen LogP contribution is -2.18. The van der Waals surface area contributed by atoms with Gasteiger partial charge in [0.1, 0.15) is 4.34 Å². The third kappa shape index (κ3) is 4.65. The summed E-state index contributed by atoms with van der Waals surface area (Å²) >= 11 is 16.3. The number of hydrogen-bond acceptors (Lipinski definition) is 3. The minimum atomic E-state index is -4.33. The zero-order valence-electron chi connectivity index (χ0n) is 13.0. The molecule has 0 saturated heterocycles. The molecular weight excluding hydrogens is 410 g/mol. The third-order valence-corrected chi connectivity index (χ3v) is 7.43. The summed E-state index contributed by atoms with van der Waals surface area (Å²) in [6, 6.07) is 5.33. The molecule has 1 fully saturated rings. The van der Waals surface area contributed by atoms with Gasteiger partial charge in [-0.05, 0) is 36.5 Å². The van der Waals surface area contributed by atoms with E-state index in [1.165, 1.54) is 0 Å². The second-order valence-corrected chi connectivity index (χ2v) is 9.37. The molecule has 0 N–H and O–H groups in total. The van der Waals surface area contributed by atoms with Crippen LogP contribution in [0.4, 0.5) is 13.2 Å². The average molecular weight is 426 g/mol. The summed E-state index contributed by atoms with van der Waals surface area (Å²) in [5.41, 5.74) is 0.194. The first-order chi connectivity index (χ1) is 11.9. The highest BCUT2D eigenvalue weighted by atomic mass is 35.5. The summed E-state index contributed by atoms with van der Waals surface area (Å²) in [7, 11) is 0. The van der Waals surface area contributed by atoms with E-state index in [0.717, 1.165) is 34.2 Å². The Kier molecular flexibility index (Phi) is 6.24. The molecule has 1 aromatic heterocycles. The summed E-state index contributed by atoms with van der Waals surface area (Å²) in [6.07, 6.45) is -1.03. The molecule has 0 bridgehead atoms. The Bertz CT molecular complexity index is 676. The van der Waals surface area contributed by atoms with Crippen LogP contribution < -0.4 is 0 Å². The largest absolute Gasteiger partial charge is 0.416 e. The standard InChI is InChI=1S/C17H16Cl2F3NS2/c18-13-9-14(19)15(10-1-3-11(4-2-10)17(20,21)22)12(13)5-7-24-16-23-6-8-25-16/h1-4,6,8,12-15H,5,7,9H2. The second kappa shape index (κ2) is 8.07. The van der Waals surface area contributed by atoms with E-state index in [1.54, 1.807) is 41.4 Å². The Morgan fingerprint density at radius 1 is 1.16 bits per heavy atom. The van der Waals surface area contributed by atoms with Gasteiger partial charge in [-0.3, -0.25) is 0 Å². The van der Waals surface area contributed by atoms with Gasteiger partial charge in [-0.2, -0.15) is 13.2 Å². The van der Waals surface area contributed by atoms with Crippen molar-refractivity contribution in [2.75, 3.05) is 5.75 Å². The molecule has 1 nitrogen and oxygen atoms in total. The summed E-state index contributed by atoms with van der Waals surface area (Å²) in [5.74, 6) is 0.985. The average Bonchev–Trinajstić information content (AvgIpc) is 3.15. The minimum Gasteiger partial charge on any atom is -0.238 e. The smallest absolute Gasteiger partial charge is 0.238 e. The quantitative estimate of drug-likeness (QED) is 0.392. The molecule has 0 amide bonds. The van der Waals surface area contributed by atoms with Gasteiger partial charge in [0.25, 0.3) is 0 Å². The van der Waals surface area contributed by atoms with E-state index in [1.807, 2.05) is 5.38 Å². The maximum absolute atomic E-state index is 12.8. The molecule has 1 aliphatic carbocycles. The zero-order chi connectivity index (χ0) is 18.0. The van der Waals surface area contributed by atoms with Gasteiger partial charge in [-0.15, -0.1) is 34.5 Å². The van der Waals surface area contributed by atoms with Gasteiger partial charge >= 0.3 is 6.18 Å². The molecular formula is C17H16Cl2F3NS2. The molecule has 0 aliphatic heterocycles. The molecule has 1 saturated carbocycles. The molecule has 4 atom stereocenters. The van der Waals surface area contributed by atoms with E-state index in [-0.39, 0.29) is 22.6 Å². The van der Waals surface area contributed by atoms with Crippen molar-refractivity contribution in [3.63, 3.8) is 0 Å². The van der Waals surface area contributed by atoms with Crippen LogP contribution in [0.25, 0.3) is 0 Å². The van der Waals surface area contributed by atoms with Crippen molar-refractivity contribution < 1.29 is 13.2 Å². The van der Waals surface area contributed by atoms with Crippen LogP contribution in [0.3, 0.4) is 0 Å². The number of halogens is 5. The van der Waals surface area contributed by atoms with Gasteiger partial charge in [-0.25, -0.2) is 4.98 Å². The Balaban J connectivity index is 1.70. The van der Waals surface area contributed by atoms with Gasteiger partial charge in [0.05, 0.1) is 5.56 Å². The van der Waals surface area contributed by atoms with Crippen molar-refractivity contribution >= 4 is 46.3 Å². The third-order valence-electron chi connectivity index (χ3n) is 4.48. The Morgan fingerprint density at radius 3 is 2.48 bits per heavy atom. The van der Waals surface area contributed by atoms with Gasteiger partial charge in [0.15, 0.2) is 0 Å². The molecule has 1 aromatic carbocycles. The van der Waals surface area contributed by atoms with E-state index in [4.69, 9.17) is 23.2 Å². The SMILES string of the molecule is FC(F)(F)c1ccc(C2C(Cl)CC(Cl)C2CCSc2nccs2)cc1. The predicted octanol–water partition coefficient (Wildman–Crippen LogP) is 6.66. The van der Waals surface area contributed by atoms with Crippen molar-refractivity contribution in [3.8, 4) is 0 Å². The number of thiazole rings is 1. The summed E-state index contributed by atoms with van der Waals surface area (Å²) in [5, 5.41) is 1.71. The van der Waals surface area contributed by atoms with Crippen molar-refractivity contribution in [1.82, 2.24) is 4.98 Å². The van der Waals surface area contributed by atoms with Crippen LogP contribution in [0.5, 0.6) is 0 Å². The highest BCUT2D eigenvalue weighted by molar-refractivity contribution is 8.00. The predicted molar refractivity (Wildman–Crippen MR) is 99.0 cm³/mol. The number of nitrogens with zero attached hydrogens (tertiary/aromatic N) is 1. The molecule has 0 radical (unpaired) electrons. The van der Waals surface area contributed by atoms with E-state index < -0.39 is 11.7 Å². The maximum Gasteiger partial charge on any atom is 0.416 e. The van der Waals surface area contributed by atoms with Crippen LogP contribution >= 0.6 is 46.3 Å². The molecule has 8 heteroatoms. The number of thioether (sulfide) groups is 1. The lowest BCUT2D eigenvalue weighted by Gasteiger charge is -2.24. The van der Waals surface area contributed by atoms with Crippen molar-refractivity contribution in [3.05, 3.63) is 47.0 Å². The van der Waals surface area contributed by atoms with Gasteiger partial charge < -0.3 is 0 Å². The Hall–Kier alpha value is -0.430. The summed E-state index contributed by atoms with van der Waals surface area (Å²) in [6.45, 7) is 0. The van der Waals surface area contributed by atoms with Crippen LogP contribution in [0, 0.1) is 5.92 Å². The van der Waals surface area contributed by atoms with Gasteiger partial charge in [-0.1, -0.05) is 23.9 Å². The van der Waals surface area contributed by atoms with E-state index in [0.29, 0.717) is 6.42 Å². The lowest BCUT2D eigenvalue weighted by molar-refractivity contribution is -0.137. The van der Waals surface area contributed by atoms with Gasteiger partial charge in [0, 0.05) is 34.0 Å². The van der Waals surface area contributed by atoms with Crippen LogP contribution in [0.2, 0.25) is 0 Å².